The van der Waals surface area contributed by atoms with E-state index in [1.54, 1.807) is 0 Å². The molecule has 0 spiro atoms. The molecular weight excluding hydrogens is 256 g/mol. The first kappa shape index (κ1) is 15.2. The van der Waals surface area contributed by atoms with Gasteiger partial charge in [-0.05, 0) is 45.6 Å². The number of ether oxygens (including phenoxy) is 2. The Morgan fingerprint density at radius 1 is 1.30 bits per heavy atom. The molecule has 1 fully saturated rings. The van der Waals surface area contributed by atoms with Gasteiger partial charge in [-0.25, -0.2) is 4.79 Å². The first-order valence-corrected chi connectivity index (χ1v) is 7.22. The van der Waals surface area contributed by atoms with E-state index in [-0.39, 0.29) is 28.5 Å². The molecule has 0 saturated heterocycles. The first-order chi connectivity index (χ1) is 9.19. The second kappa shape index (κ2) is 4.99. The molecule has 2 atom stereocenters. The maximum atomic E-state index is 12.1. The van der Waals surface area contributed by atoms with Crippen LogP contribution >= 0.6 is 0 Å². The Balaban J connectivity index is 2.40. The fraction of sp³-hybridized carbons (Fsp3) is 0.750. The predicted molar refractivity (Wildman–Crippen MR) is 75.3 cm³/mol. The first-order valence-electron chi connectivity index (χ1n) is 7.22. The van der Waals surface area contributed by atoms with Crippen LogP contribution in [0.5, 0.6) is 0 Å². The Hall–Kier alpha value is -1.16. The minimum Gasteiger partial charge on any atom is -0.465 e. The van der Waals surface area contributed by atoms with Crippen molar-refractivity contribution < 1.29 is 19.1 Å². The van der Waals surface area contributed by atoms with Crippen LogP contribution in [0.25, 0.3) is 0 Å². The van der Waals surface area contributed by atoms with Crippen LogP contribution in [0.4, 0.5) is 0 Å². The largest absolute Gasteiger partial charge is 0.465 e. The van der Waals surface area contributed by atoms with Crippen LogP contribution in [0.15, 0.2) is 11.1 Å². The van der Waals surface area contributed by atoms with Gasteiger partial charge in [0.05, 0.1) is 18.8 Å². The second-order valence-corrected chi connectivity index (χ2v) is 6.94. The average Bonchev–Trinajstić information content (AvgIpc) is 2.65. The van der Waals surface area contributed by atoms with Crippen molar-refractivity contribution >= 4 is 11.8 Å². The number of ketones is 1. The molecule has 0 bridgehead atoms. The Bertz CT molecular complexity index is 469. The maximum absolute atomic E-state index is 12.1. The van der Waals surface area contributed by atoms with Gasteiger partial charge in [0, 0.05) is 11.8 Å². The zero-order valence-electron chi connectivity index (χ0n) is 13.0. The minimum atomic E-state index is -0.493. The fourth-order valence-corrected chi connectivity index (χ4v) is 3.42. The normalized spacial score (nSPS) is 30.4. The number of esters is 1. The van der Waals surface area contributed by atoms with E-state index in [9.17, 15) is 9.59 Å². The van der Waals surface area contributed by atoms with Crippen molar-refractivity contribution in [3.05, 3.63) is 11.1 Å². The quantitative estimate of drug-likeness (QED) is 0.576. The number of Topliss-reactive ketones (excluding diaryl/α,β-unsaturated/α-hetero) is 1. The topological polar surface area (TPSA) is 52.6 Å². The lowest BCUT2D eigenvalue weighted by Crippen LogP contribution is -2.40. The highest BCUT2D eigenvalue weighted by Crippen LogP contribution is 2.52. The van der Waals surface area contributed by atoms with Gasteiger partial charge >= 0.3 is 5.97 Å². The molecule has 0 amide bonds. The van der Waals surface area contributed by atoms with Gasteiger partial charge in [0.25, 0.3) is 0 Å². The lowest BCUT2D eigenvalue weighted by Gasteiger charge is -2.39. The van der Waals surface area contributed by atoms with E-state index in [4.69, 9.17) is 9.47 Å². The third-order valence-corrected chi connectivity index (χ3v) is 4.39. The molecule has 1 saturated carbocycles. The summed E-state index contributed by atoms with van der Waals surface area (Å²) < 4.78 is 11.0. The van der Waals surface area contributed by atoms with Gasteiger partial charge in [0.1, 0.15) is 5.57 Å². The molecule has 0 heterocycles. The highest BCUT2D eigenvalue weighted by atomic mass is 16.5. The summed E-state index contributed by atoms with van der Waals surface area (Å²) in [5.74, 6) is -0.576. The van der Waals surface area contributed by atoms with E-state index in [0.717, 1.165) is 24.8 Å². The zero-order valence-corrected chi connectivity index (χ0v) is 13.0. The number of carbonyl (C=O) groups excluding carboxylic acids is 2. The number of methoxy groups -OCH3 is 1. The molecule has 20 heavy (non-hydrogen) atoms. The summed E-state index contributed by atoms with van der Waals surface area (Å²) in [6.45, 7) is 8.22. The van der Waals surface area contributed by atoms with Gasteiger partial charge in [0.2, 0.25) is 0 Å². The van der Waals surface area contributed by atoms with Gasteiger partial charge in [-0.1, -0.05) is 6.92 Å². The maximum Gasteiger partial charge on any atom is 0.341 e. The fourth-order valence-electron chi connectivity index (χ4n) is 3.42. The molecule has 2 aliphatic rings. The molecule has 0 radical (unpaired) electrons. The molecule has 2 rings (SSSR count). The average molecular weight is 280 g/mol. The summed E-state index contributed by atoms with van der Waals surface area (Å²) in [7, 11) is 1.33. The van der Waals surface area contributed by atoms with E-state index in [1.807, 2.05) is 20.8 Å². The van der Waals surface area contributed by atoms with Crippen molar-refractivity contribution in [2.24, 2.45) is 5.41 Å². The van der Waals surface area contributed by atoms with Gasteiger partial charge in [-0.3, -0.25) is 4.79 Å². The molecule has 0 aliphatic heterocycles. The Morgan fingerprint density at radius 3 is 2.50 bits per heavy atom. The third kappa shape index (κ3) is 2.53. The van der Waals surface area contributed by atoms with Crippen molar-refractivity contribution in [2.75, 3.05) is 7.11 Å². The van der Waals surface area contributed by atoms with Crippen LogP contribution in [0.2, 0.25) is 0 Å². The summed E-state index contributed by atoms with van der Waals surface area (Å²) >= 11 is 0. The molecule has 2 aliphatic carbocycles. The van der Waals surface area contributed by atoms with Gasteiger partial charge in [0.15, 0.2) is 5.78 Å². The van der Waals surface area contributed by atoms with E-state index in [2.05, 4.69) is 6.92 Å². The SMILES string of the molecule is COC(=O)C1=C2CC[C@H](OC(C)(C)C)[C@@]2(C)CCC1=O. The van der Waals surface area contributed by atoms with Gasteiger partial charge in [-0.2, -0.15) is 0 Å². The monoisotopic (exact) mass is 280 g/mol. The van der Waals surface area contributed by atoms with Crippen molar-refractivity contribution in [3.63, 3.8) is 0 Å². The summed E-state index contributed by atoms with van der Waals surface area (Å²) in [6.07, 6.45) is 2.81. The summed E-state index contributed by atoms with van der Waals surface area (Å²) in [5.41, 5.74) is 0.775. The van der Waals surface area contributed by atoms with Crippen LogP contribution in [0.3, 0.4) is 0 Å². The summed E-state index contributed by atoms with van der Waals surface area (Å²) in [5, 5.41) is 0. The number of carbonyl (C=O) groups is 2. The molecule has 4 nitrogen and oxygen atoms in total. The lowest BCUT2D eigenvalue weighted by molar-refractivity contribution is -0.139. The van der Waals surface area contributed by atoms with E-state index in [0.29, 0.717) is 6.42 Å². The highest BCUT2D eigenvalue weighted by molar-refractivity contribution is 6.18. The lowest BCUT2D eigenvalue weighted by atomic mass is 9.71. The second-order valence-electron chi connectivity index (χ2n) is 6.94. The molecule has 0 aromatic carbocycles. The molecule has 112 valence electrons. The van der Waals surface area contributed by atoms with E-state index in [1.165, 1.54) is 7.11 Å². The molecule has 0 unspecified atom stereocenters. The van der Waals surface area contributed by atoms with Crippen LogP contribution in [0, 0.1) is 5.41 Å². The van der Waals surface area contributed by atoms with Crippen LogP contribution in [-0.4, -0.2) is 30.6 Å². The Morgan fingerprint density at radius 2 is 1.95 bits per heavy atom. The van der Waals surface area contributed by atoms with Crippen LogP contribution in [0.1, 0.15) is 53.4 Å². The van der Waals surface area contributed by atoms with E-state index >= 15 is 0 Å². The summed E-state index contributed by atoms with van der Waals surface area (Å²) in [4.78, 5) is 24.0. The summed E-state index contributed by atoms with van der Waals surface area (Å²) in [6, 6.07) is 0. The Labute approximate surface area is 120 Å². The number of hydrogen-bond donors (Lipinski definition) is 0. The van der Waals surface area contributed by atoms with Crippen LogP contribution < -0.4 is 0 Å². The number of hydrogen-bond acceptors (Lipinski definition) is 4. The third-order valence-electron chi connectivity index (χ3n) is 4.39. The number of fused-ring (bicyclic) bond motifs is 1. The van der Waals surface area contributed by atoms with Crippen molar-refractivity contribution in [1.29, 1.82) is 0 Å². The highest BCUT2D eigenvalue weighted by Gasteiger charge is 2.50. The van der Waals surface area contributed by atoms with Gasteiger partial charge < -0.3 is 9.47 Å². The minimum absolute atomic E-state index is 0.0604. The van der Waals surface area contributed by atoms with Crippen LogP contribution in [-0.2, 0) is 19.1 Å². The smallest absolute Gasteiger partial charge is 0.341 e. The van der Waals surface area contributed by atoms with Crippen molar-refractivity contribution in [1.82, 2.24) is 0 Å². The molecule has 0 N–H and O–H groups in total. The molecular formula is C16H24O4. The zero-order chi connectivity index (χ0) is 15.1. The Kier molecular flexibility index (Phi) is 3.80. The molecule has 0 aromatic rings. The predicted octanol–water partition coefficient (Wildman–Crippen LogP) is 2.80. The molecule has 0 aromatic heterocycles. The van der Waals surface area contributed by atoms with Crippen molar-refractivity contribution in [2.45, 2.75) is 65.1 Å². The van der Waals surface area contributed by atoms with E-state index < -0.39 is 5.97 Å². The number of rotatable bonds is 2. The standard InChI is InChI=1S/C16H24O4/c1-15(2,3)20-12-7-6-10-13(14(18)19-5)11(17)8-9-16(10,12)4/h12H,6-9H2,1-5H3/t12-,16-/m0/s1. The van der Waals surface area contributed by atoms with Crippen molar-refractivity contribution in [3.8, 4) is 0 Å². The molecule has 4 heteroatoms. The van der Waals surface area contributed by atoms with Gasteiger partial charge in [-0.15, -0.1) is 0 Å².